The number of allylic oxidation sites excluding steroid dienone is 6. The summed E-state index contributed by atoms with van der Waals surface area (Å²) in [6, 6.07) is 11.5. The molecule has 39 heavy (non-hydrogen) atoms. The molecule has 2 unspecified atom stereocenters. The van der Waals surface area contributed by atoms with Crippen LogP contribution >= 0.6 is 11.6 Å². The molecule has 1 amide bonds. The smallest absolute Gasteiger partial charge is 0.254 e. The lowest BCUT2D eigenvalue weighted by Gasteiger charge is -2.15. The van der Waals surface area contributed by atoms with Crippen molar-refractivity contribution in [2.75, 3.05) is 13.1 Å². The van der Waals surface area contributed by atoms with Crippen LogP contribution in [0.25, 0.3) is 22.5 Å². The van der Waals surface area contributed by atoms with Gasteiger partial charge in [0.15, 0.2) is 0 Å². The van der Waals surface area contributed by atoms with Crippen LogP contribution in [0.15, 0.2) is 72.0 Å². The zero-order valence-corrected chi connectivity index (χ0v) is 23.7. The van der Waals surface area contributed by atoms with E-state index in [9.17, 15) is 15.0 Å². The number of carbonyl (C=O) groups excluding carboxylic acids is 1. The summed E-state index contributed by atoms with van der Waals surface area (Å²) < 4.78 is 1.76. The molecule has 4 rings (SSSR count). The van der Waals surface area contributed by atoms with Gasteiger partial charge in [-0.1, -0.05) is 73.0 Å². The molecule has 3 aromatic rings. The van der Waals surface area contributed by atoms with E-state index in [-0.39, 0.29) is 23.7 Å². The molecule has 8 heteroatoms. The largest absolute Gasteiger partial charge is 0.388 e. The first kappa shape index (κ1) is 30.3. The van der Waals surface area contributed by atoms with Crippen LogP contribution in [0.5, 0.6) is 0 Å². The molecule has 1 aromatic carbocycles. The maximum absolute atomic E-state index is 13.0. The van der Waals surface area contributed by atoms with Crippen LogP contribution in [0.3, 0.4) is 0 Å². The van der Waals surface area contributed by atoms with Crippen LogP contribution < -0.4 is 0 Å². The van der Waals surface area contributed by atoms with E-state index in [1.807, 2.05) is 25.1 Å². The third-order valence-electron chi connectivity index (χ3n) is 7.15. The van der Waals surface area contributed by atoms with Crippen LogP contribution in [0.2, 0.25) is 5.15 Å². The monoisotopic (exact) mass is 553 g/mol. The molecule has 0 radical (unpaired) electrons. The number of pyridine rings is 1. The van der Waals surface area contributed by atoms with Crippen molar-refractivity contribution in [3.05, 3.63) is 88.2 Å². The van der Waals surface area contributed by atoms with Crippen molar-refractivity contribution in [2.45, 2.75) is 59.2 Å². The van der Waals surface area contributed by atoms with Gasteiger partial charge in [-0.2, -0.15) is 0 Å². The first-order valence-corrected chi connectivity index (χ1v) is 13.6. The molecule has 0 spiro atoms. The lowest BCUT2D eigenvalue weighted by atomic mass is 9.92. The molecule has 3 heterocycles. The number of hydrogen-bond donors (Lipinski definition) is 2. The molecule has 2 aromatic heterocycles. The summed E-state index contributed by atoms with van der Waals surface area (Å²) in [5.74, 6) is -0.261. The van der Waals surface area contributed by atoms with Crippen molar-refractivity contribution in [2.24, 2.45) is 0 Å². The number of β-amino-alcohol motifs (C(OH)–C–C–N with tert-alkyl or cyclic N) is 2. The van der Waals surface area contributed by atoms with E-state index in [0.717, 1.165) is 28.7 Å². The van der Waals surface area contributed by atoms with Crippen molar-refractivity contribution in [1.29, 1.82) is 0 Å². The topological polar surface area (TPSA) is 78.1 Å². The number of unbranched alkanes of at least 4 members (excludes halogenated alkanes) is 1. The second-order valence-electron chi connectivity index (χ2n) is 9.95. The van der Waals surface area contributed by atoms with Gasteiger partial charge in [0.2, 0.25) is 0 Å². The van der Waals surface area contributed by atoms with Crippen molar-refractivity contribution >= 4 is 28.7 Å². The third-order valence-corrected chi connectivity index (χ3v) is 7.51. The van der Waals surface area contributed by atoms with Crippen LogP contribution in [-0.2, 0) is 0 Å². The number of nitrogens with zero attached hydrogens (tertiary/aromatic N) is 3. The number of aromatic nitrogens is 2. The molecule has 6 nitrogen and oxygen atoms in total. The van der Waals surface area contributed by atoms with Crippen molar-refractivity contribution < 1.29 is 19.7 Å². The molecule has 1 saturated heterocycles. The Morgan fingerprint density at radius 2 is 1.82 bits per heavy atom. The SMILES string of the molecule is C\C=C(C)/C(=C\C=C(/C)CCCC)c1ccccc1-c1nc2cc(C(=O)N3CC(O)C(O)C3)ccn2c1Cl.F. The second-order valence-corrected chi connectivity index (χ2v) is 10.3. The Morgan fingerprint density at radius 1 is 1.13 bits per heavy atom. The van der Waals surface area contributed by atoms with Crippen molar-refractivity contribution in [3.63, 3.8) is 0 Å². The van der Waals surface area contributed by atoms with Crippen LogP contribution in [0.4, 0.5) is 4.70 Å². The number of fused-ring (bicyclic) bond motifs is 1. The van der Waals surface area contributed by atoms with E-state index in [1.165, 1.54) is 23.3 Å². The number of hydrogen-bond acceptors (Lipinski definition) is 4. The van der Waals surface area contributed by atoms with Gasteiger partial charge in [-0.25, -0.2) is 4.98 Å². The highest BCUT2D eigenvalue weighted by Gasteiger charge is 2.33. The number of amides is 1. The highest BCUT2D eigenvalue weighted by molar-refractivity contribution is 6.32. The maximum Gasteiger partial charge on any atom is 0.254 e. The molecular weight excluding hydrogens is 517 g/mol. The Kier molecular flexibility index (Phi) is 10.2. The summed E-state index contributed by atoms with van der Waals surface area (Å²) in [6.45, 7) is 8.71. The minimum atomic E-state index is -0.931. The van der Waals surface area contributed by atoms with E-state index in [0.29, 0.717) is 22.1 Å². The quantitative estimate of drug-likeness (QED) is 0.313. The van der Waals surface area contributed by atoms with Gasteiger partial charge in [0, 0.05) is 30.4 Å². The Morgan fingerprint density at radius 3 is 2.49 bits per heavy atom. The Hall–Kier alpha value is -3.26. The van der Waals surface area contributed by atoms with E-state index in [1.54, 1.807) is 22.7 Å². The molecule has 2 N–H and O–H groups in total. The molecular formula is C31H37ClFN3O3. The summed E-state index contributed by atoms with van der Waals surface area (Å²) in [6.07, 6.45) is 9.77. The number of halogens is 2. The fourth-order valence-electron chi connectivity index (χ4n) is 4.72. The lowest BCUT2D eigenvalue weighted by molar-refractivity contribution is 0.0572. The van der Waals surface area contributed by atoms with Crippen LogP contribution in [0.1, 0.15) is 62.9 Å². The normalized spacial score (nSPS) is 18.5. The molecule has 2 atom stereocenters. The summed E-state index contributed by atoms with van der Waals surface area (Å²) in [7, 11) is 0. The highest BCUT2D eigenvalue weighted by atomic mass is 35.5. The maximum atomic E-state index is 13.0. The summed E-state index contributed by atoms with van der Waals surface area (Å²) >= 11 is 6.86. The molecule has 1 aliphatic heterocycles. The molecule has 0 saturated carbocycles. The second kappa shape index (κ2) is 13.2. The van der Waals surface area contributed by atoms with Gasteiger partial charge in [-0.3, -0.25) is 13.9 Å². The highest BCUT2D eigenvalue weighted by Crippen LogP contribution is 2.36. The number of carbonyl (C=O) groups is 1. The fourth-order valence-corrected chi connectivity index (χ4v) is 5.00. The van der Waals surface area contributed by atoms with E-state index in [4.69, 9.17) is 16.6 Å². The van der Waals surface area contributed by atoms with E-state index >= 15 is 0 Å². The number of benzene rings is 1. The van der Waals surface area contributed by atoms with Gasteiger partial charge in [-0.15, -0.1) is 0 Å². The third kappa shape index (κ3) is 6.49. The molecule has 1 aliphatic rings. The average molecular weight is 554 g/mol. The minimum absolute atomic E-state index is 0. The van der Waals surface area contributed by atoms with Gasteiger partial charge in [0.25, 0.3) is 5.91 Å². The standard InChI is InChI=1S/C31H36ClN3O3.FH/c1-5-7-10-20(3)13-14-23(21(4)6-2)24-11-8-9-12-25(24)29-30(32)35-16-15-22(17-28(35)33-29)31(38)34-18-26(36)27(37)19-34;/h6,8-9,11-17,26-27,36-37H,5,7,10,18-19H2,1-4H3;1H/b20-13+,21-6-,23-14+;. The van der Waals surface area contributed by atoms with Gasteiger partial charge in [0.1, 0.15) is 16.5 Å². The molecule has 0 aliphatic carbocycles. The Balaban J connectivity index is 0.00000420. The number of rotatable bonds is 8. The molecule has 1 fully saturated rings. The van der Waals surface area contributed by atoms with Crippen LogP contribution in [0, 0.1) is 0 Å². The summed E-state index contributed by atoms with van der Waals surface area (Å²) in [4.78, 5) is 19.3. The van der Waals surface area contributed by atoms with Crippen LogP contribution in [-0.4, -0.2) is 55.7 Å². The summed E-state index contributed by atoms with van der Waals surface area (Å²) in [5.41, 5.74) is 7.16. The van der Waals surface area contributed by atoms with Crippen molar-refractivity contribution in [3.8, 4) is 11.3 Å². The number of aliphatic hydroxyl groups is 2. The summed E-state index contributed by atoms with van der Waals surface area (Å²) in [5, 5.41) is 20.2. The Labute approximate surface area is 234 Å². The van der Waals surface area contributed by atoms with Gasteiger partial charge in [0.05, 0.1) is 12.2 Å². The zero-order chi connectivity index (χ0) is 27.4. The zero-order valence-electron chi connectivity index (χ0n) is 22.9. The molecule has 0 bridgehead atoms. The number of imidazole rings is 1. The first-order chi connectivity index (χ1) is 18.2. The fraction of sp³-hybridized carbons (Fsp3) is 0.355. The Bertz CT molecular complexity index is 1420. The first-order valence-electron chi connectivity index (χ1n) is 13.2. The minimum Gasteiger partial charge on any atom is -0.388 e. The van der Waals surface area contributed by atoms with E-state index in [2.05, 4.69) is 45.1 Å². The number of likely N-dealkylation sites (tertiary alicyclic amines) is 1. The van der Waals surface area contributed by atoms with Gasteiger partial charge >= 0.3 is 0 Å². The average Bonchev–Trinajstić information content (AvgIpc) is 3.44. The predicted octanol–water partition coefficient (Wildman–Crippen LogP) is 6.47. The van der Waals surface area contributed by atoms with Gasteiger partial charge in [-0.05, 0) is 62.5 Å². The van der Waals surface area contributed by atoms with Gasteiger partial charge < -0.3 is 15.1 Å². The predicted molar refractivity (Wildman–Crippen MR) is 157 cm³/mol. The van der Waals surface area contributed by atoms with E-state index < -0.39 is 12.2 Å². The molecule has 208 valence electrons. The number of aliphatic hydroxyl groups excluding tert-OH is 2. The van der Waals surface area contributed by atoms with Crippen molar-refractivity contribution in [1.82, 2.24) is 14.3 Å². The lowest BCUT2D eigenvalue weighted by Crippen LogP contribution is -2.29.